The molecule has 0 aromatic carbocycles. The molecular formula is C23H45N2O+. The second kappa shape index (κ2) is 14.4. The summed E-state index contributed by atoms with van der Waals surface area (Å²) in [4.78, 5) is 4.62. The summed E-state index contributed by atoms with van der Waals surface area (Å²) < 4.78 is 0.697. The van der Waals surface area contributed by atoms with E-state index < -0.39 is 0 Å². The van der Waals surface area contributed by atoms with E-state index >= 15 is 0 Å². The first-order valence-corrected chi connectivity index (χ1v) is 11.4. The molecule has 1 heterocycles. The van der Waals surface area contributed by atoms with Crippen molar-refractivity contribution in [3.05, 3.63) is 12.2 Å². The maximum atomic E-state index is 10.2. The Bertz CT molecular complexity index is 392. The van der Waals surface area contributed by atoms with Crippen LogP contribution in [0.5, 0.6) is 0 Å². The molecule has 0 saturated carbocycles. The van der Waals surface area contributed by atoms with E-state index in [2.05, 4.69) is 31.0 Å². The van der Waals surface area contributed by atoms with Gasteiger partial charge >= 0.3 is 0 Å². The molecule has 1 aliphatic rings. The molecule has 3 unspecified atom stereocenters. The molecule has 0 fully saturated rings. The molecule has 3 heteroatoms. The van der Waals surface area contributed by atoms with E-state index in [-0.39, 0.29) is 12.4 Å². The van der Waals surface area contributed by atoms with E-state index in [0.29, 0.717) is 4.48 Å². The van der Waals surface area contributed by atoms with Crippen LogP contribution >= 0.6 is 0 Å². The monoisotopic (exact) mass is 365 g/mol. The van der Waals surface area contributed by atoms with Crippen molar-refractivity contribution in [2.24, 2.45) is 4.99 Å². The molecular weight excluding hydrogens is 320 g/mol. The van der Waals surface area contributed by atoms with Crippen molar-refractivity contribution < 1.29 is 9.59 Å². The number of allylic oxidation sites excluding steroid dienone is 1. The number of nitrogens with zero attached hydrogens (tertiary/aromatic N) is 2. The van der Waals surface area contributed by atoms with Gasteiger partial charge in [0.25, 0.3) is 0 Å². The van der Waals surface area contributed by atoms with Gasteiger partial charge in [0.05, 0.1) is 12.8 Å². The average molecular weight is 366 g/mol. The van der Waals surface area contributed by atoms with Crippen LogP contribution in [0.3, 0.4) is 0 Å². The van der Waals surface area contributed by atoms with Crippen molar-refractivity contribution in [1.29, 1.82) is 0 Å². The third kappa shape index (κ3) is 8.35. The lowest BCUT2D eigenvalue weighted by molar-refractivity contribution is -0.976. The van der Waals surface area contributed by atoms with E-state index in [9.17, 15) is 5.11 Å². The topological polar surface area (TPSA) is 32.6 Å². The van der Waals surface area contributed by atoms with Crippen LogP contribution in [-0.2, 0) is 0 Å². The number of hydrogen-bond donors (Lipinski definition) is 1. The normalized spacial score (nSPS) is 23.9. The van der Waals surface area contributed by atoms with Gasteiger partial charge in [-0.15, -0.1) is 0 Å². The third-order valence-electron chi connectivity index (χ3n) is 6.11. The lowest BCUT2D eigenvalue weighted by Crippen LogP contribution is -2.57. The number of aliphatic hydroxyl groups excluding tert-OH is 1. The van der Waals surface area contributed by atoms with E-state index in [1.807, 2.05) is 13.1 Å². The Morgan fingerprint density at radius 3 is 2.08 bits per heavy atom. The molecule has 1 aliphatic heterocycles. The highest BCUT2D eigenvalue weighted by atomic mass is 16.3. The first-order chi connectivity index (χ1) is 12.7. The molecule has 0 amide bonds. The first kappa shape index (κ1) is 23.4. The molecule has 3 nitrogen and oxygen atoms in total. The van der Waals surface area contributed by atoms with Gasteiger partial charge in [-0.05, 0) is 19.8 Å². The summed E-state index contributed by atoms with van der Waals surface area (Å²) in [7, 11) is 0. The fourth-order valence-electron chi connectivity index (χ4n) is 4.11. The van der Waals surface area contributed by atoms with Crippen molar-refractivity contribution in [1.82, 2.24) is 0 Å². The van der Waals surface area contributed by atoms with E-state index in [4.69, 9.17) is 0 Å². The number of aliphatic imine (C=N–C) groups is 1. The Morgan fingerprint density at radius 2 is 1.54 bits per heavy atom. The SMILES string of the molecule is CCCCCCCCCCCCC/C=C/CC1N=CC[N+]1(CC)C(C)O. The van der Waals surface area contributed by atoms with Crippen molar-refractivity contribution in [3.8, 4) is 0 Å². The van der Waals surface area contributed by atoms with E-state index in [0.717, 1.165) is 19.5 Å². The highest BCUT2D eigenvalue weighted by Crippen LogP contribution is 2.25. The van der Waals surface area contributed by atoms with Crippen LogP contribution in [0.25, 0.3) is 0 Å². The lowest BCUT2D eigenvalue weighted by Gasteiger charge is -2.39. The summed E-state index contributed by atoms with van der Waals surface area (Å²) in [6, 6.07) is 0. The molecule has 0 radical (unpaired) electrons. The zero-order valence-corrected chi connectivity index (χ0v) is 17.8. The number of hydrogen-bond acceptors (Lipinski definition) is 2. The zero-order chi connectivity index (χ0) is 19.1. The summed E-state index contributed by atoms with van der Waals surface area (Å²) in [5, 5.41) is 10.2. The van der Waals surface area contributed by atoms with Crippen LogP contribution in [0.15, 0.2) is 17.1 Å². The highest BCUT2D eigenvalue weighted by Gasteiger charge is 2.41. The van der Waals surface area contributed by atoms with Crippen LogP contribution in [0.4, 0.5) is 0 Å². The minimum absolute atomic E-state index is 0.202. The predicted molar refractivity (Wildman–Crippen MR) is 114 cm³/mol. The van der Waals surface area contributed by atoms with Gasteiger partial charge < -0.3 is 5.11 Å². The molecule has 0 aromatic heterocycles. The fraction of sp³-hybridized carbons (Fsp3) is 0.870. The van der Waals surface area contributed by atoms with Gasteiger partial charge in [-0.25, -0.2) is 4.99 Å². The Labute approximate surface area is 163 Å². The lowest BCUT2D eigenvalue weighted by atomic mass is 10.1. The first-order valence-electron chi connectivity index (χ1n) is 11.4. The second-order valence-corrected chi connectivity index (χ2v) is 8.08. The zero-order valence-electron chi connectivity index (χ0n) is 17.8. The van der Waals surface area contributed by atoms with Crippen LogP contribution in [0, 0.1) is 0 Å². The van der Waals surface area contributed by atoms with Gasteiger partial charge in [0, 0.05) is 13.3 Å². The van der Waals surface area contributed by atoms with Crippen molar-refractivity contribution in [2.45, 2.75) is 117 Å². The maximum Gasteiger partial charge on any atom is 0.189 e. The largest absolute Gasteiger partial charge is 0.345 e. The Morgan fingerprint density at radius 1 is 0.962 bits per heavy atom. The number of unbranched alkanes of at least 4 members (excludes halogenated alkanes) is 11. The quantitative estimate of drug-likeness (QED) is 0.196. The van der Waals surface area contributed by atoms with Gasteiger partial charge in [-0.1, -0.05) is 83.3 Å². The number of quaternary nitrogens is 1. The summed E-state index contributed by atoms with van der Waals surface area (Å²) in [5.41, 5.74) is 0. The standard InChI is InChI=1S/C23H45N2O/c1-4-6-7-8-9-10-11-12-13-14-15-16-17-18-19-23-24-20-21-25(23,5-2)22(3)26/h17-18,20,22-23,26H,4-16,19,21H2,1-3H3/q+1/b18-17+. The maximum absolute atomic E-state index is 10.2. The average Bonchev–Trinajstić information content (AvgIpc) is 3.06. The second-order valence-electron chi connectivity index (χ2n) is 8.08. The minimum atomic E-state index is -0.340. The van der Waals surface area contributed by atoms with E-state index in [1.54, 1.807) is 0 Å². The smallest absolute Gasteiger partial charge is 0.189 e. The van der Waals surface area contributed by atoms with Crippen molar-refractivity contribution in [2.75, 3.05) is 13.1 Å². The molecule has 26 heavy (non-hydrogen) atoms. The molecule has 0 aromatic rings. The van der Waals surface area contributed by atoms with Crippen molar-refractivity contribution in [3.63, 3.8) is 0 Å². The molecule has 152 valence electrons. The predicted octanol–water partition coefficient (Wildman–Crippen LogP) is 6.22. The van der Waals surface area contributed by atoms with Crippen molar-refractivity contribution >= 4 is 6.21 Å². The van der Waals surface area contributed by atoms with Crippen LogP contribution in [-0.4, -0.2) is 41.3 Å². The number of aliphatic hydroxyl groups is 1. The van der Waals surface area contributed by atoms with Gasteiger partial charge in [0.15, 0.2) is 12.4 Å². The summed E-state index contributed by atoms with van der Waals surface area (Å²) in [5.74, 6) is 0. The molecule has 0 aliphatic carbocycles. The molecule has 1 rings (SSSR count). The molecule has 0 bridgehead atoms. The Balaban J connectivity index is 1.99. The van der Waals surface area contributed by atoms with Gasteiger partial charge in [0.2, 0.25) is 0 Å². The van der Waals surface area contributed by atoms with Crippen LogP contribution < -0.4 is 0 Å². The highest BCUT2D eigenvalue weighted by molar-refractivity contribution is 5.60. The Kier molecular flexibility index (Phi) is 12.9. The summed E-state index contributed by atoms with van der Waals surface area (Å²) >= 11 is 0. The fourth-order valence-corrected chi connectivity index (χ4v) is 4.11. The molecule has 0 saturated heterocycles. The van der Waals surface area contributed by atoms with Crippen LogP contribution in [0.1, 0.15) is 104 Å². The van der Waals surface area contributed by atoms with Gasteiger partial charge in [0.1, 0.15) is 6.54 Å². The van der Waals surface area contributed by atoms with Crippen LogP contribution in [0.2, 0.25) is 0 Å². The minimum Gasteiger partial charge on any atom is -0.345 e. The Hall–Kier alpha value is -0.670. The molecule has 3 atom stereocenters. The van der Waals surface area contributed by atoms with Gasteiger partial charge in [-0.2, -0.15) is 0 Å². The third-order valence-corrected chi connectivity index (χ3v) is 6.11. The summed E-state index contributed by atoms with van der Waals surface area (Å²) in [6.07, 6.45) is 24.0. The van der Waals surface area contributed by atoms with Gasteiger partial charge in [-0.3, -0.25) is 4.48 Å². The van der Waals surface area contributed by atoms with E-state index in [1.165, 1.54) is 77.0 Å². The summed E-state index contributed by atoms with van der Waals surface area (Å²) in [6.45, 7) is 8.15. The number of rotatable bonds is 16. The molecule has 1 N–H and O–H groups in total. The molecule has 0 spiro atoms.